The maximum Gasteiger partial charge on any atom is 0.321 e. The summed E-state index contributed by atoms with van der Waals surface area (Å²) in [5.41, 5.74) is 0. The standard InChI is InChI=1S/C12H19NO2/c1-9-7-8-13(11(9)12(14)15)10-5-3-2-4-6-10/h3,5,9-11H,2,4,6-8H2,1H3,(H,14,15). The van der Waals surface area contributed by atoms with Gasteiger partial charge in [-0.1, -0.05) is 19.1 Å². The van der Waals surface area contributed by atoms with Gasteiger partial charge in [0.2, 0.25) is 0 Å². The Kier molecular flexibility index (Phi) is 3.10. The van der Waals surface area contributed by atoms with Crippen molar-refractivity contribution in [2.24, 2.45) is 5.92 Å². The first-order chi connectivity index (χ1) is 7.20. The van der Waals surface area contributed by atoms with Crippen LogP contribution in [-0.2, 0) is 4.79 Å². The van der Waals surface area contributed by atoms with Crippen molar-refractivity contribution in [1.82, 2.24) is 4.90 Å². The number of carboxylic acids is 1. The Morgan fingerprint density at radius 3 is 2.87 bits per heavy atom. The zero-order valence-corrected chi connectivity index (χ0v) is 9.22. The van der Waals surface area contributed by atoms with Crippen LogP contribution in [-0.4, -0.2) is 34.6 Å². The Morgan fingerprint density at radius 2 is 2.27 bits per heavy atom. The van der Waals surface area contributed by atoms with Crippen molar-refractivity contribution in [1.29, 1.82) is 0 Å². The van der Waals surface area contributed by atoms with Crippen molar-refractivity contribution in [3.8, 4) is 0 Å². The first-order valence-electron chi connectivity index (χ1n) is 5.85. The van der Waals surface area contributed by atoms with Crippen LogP contribution in [0.15, 0.2) is 12.2 Å². The molecule has 0 aromatic heterocycles. The number of carbonyl (C=O) groups is 1. The molecule has 3 unspecified atom stereocenters. The number of aliphatic carboxylic acids is 1. The molecule has 84 valence electrons. The normalized spacial score (nSPS) is 37.0. The van der Waals surface area contributed by atoms with Crippen LogP contribution in [0.25, 0.3) is 0 Å². The molecule has 2 aliphatic rings. The number of hydrogen-bond donors (Lipinski definition) is 1. The van der Waals surface area contributed by atoms with Gasteiger partial charge in [-0.15, -0.1) is 0 Å². The molecule has 0 aromatic rings. The molecule has 1 N–H and O–H groups in total. The molecular formula is C12H19NO2. The van der Waals surface area contributed by atoms with Crippen LogP contribution < -0.4 is 0 Å². The predicted molar refractivity (Wildman–Crippen MR) is 58.7 cm³/mol. The van der Waals surface area contributed by atoms with Crippen molar-refractivity contribution < 1.29 is 9.90 Å². The fourth-order valence-corrected chi connectivity index (χ4v) is 2.80. The van der Waals surface area contributed by atoms with Gasteiger partial charge in [0.05, 0.1) is 0 Å². The van der Waals surface area contributed by atoms with E-state index in [-0.39, 0.29) is 12.0 Å². The third-order valence-electron chi connectivity index (χ3n) is 3.65. The maximum atomic E-state index is 11.2. The molecule has 0 aromatic carbocycles. The second-order valence-electron chi connectivity index (χ2n) is 4.71. The zero-order chi connectivity index (χ0) is 10.8. The maximum absolute atomic E-state index is 11.2. The second kappa shape index (κ2) is 4.35. The van der Waals surface area contributed by atoms with Crippen LogP contribution in [0.4, 0.5) is 0 Å². The Labute approximate surface area is 90.8 Å². The number of likely N-dealkylation sites (tertiary alicyclic amines) is 1. The molecule has 1 aliphatic heterocycles. The molecule has 1 fully saturated rings. The summed E-state index contributed by atoms with van der Waals surface area (Å²) in [7, 11) is 0. The van der Waals surface area contributed by atoms with Crippen LogP contribution in [0.2, 0.25) is 0 Å². The summed E-state index contributed by atoms with van der Waals surface area (Å²) in [6, 6.07) is 0.0996. The molecule has 0 spiro atoms. The molecule has 3 atom stereocenters. The number of hydrogen-bond acceptors (Lipinski definition) is 2. The number of nitrogens with zero attached hydrogens (tertiary/aromatic N) is 1. The molecule has 15 heavy (non-hydrogen) atoms. The van der Waals surface area contributed by atoms with E-state index in [9.17, 15) is 9.90 Å². The van der Waals surface area contributed by atoms with Crippen molar-refractivity contribution >= 4 is 5.97 Å². The largest absolute Gasteiger partial charge is 0.480 e. The van der Waals surface area contributed by atoms with E-state index in [1.165, 1.54) is 6.42 Å². The van der Waals surface area contributed by atoms with Gasteiger partial charge < -0.3 is 5.11 Å². The van der Waals surface area contributed by atoms with Gasteiger partial charge in [-0.2, -0.15) is 0 Å². The highest BCUT2D eigenvalue weighted by atomic mass is 16.4. The zero-order valence-electron chi connectivity index (χ0n) is 9.22. The summed E-state index contributed by atoms with van der Waals surface area (Å²) in [5, 5.41) is 9.22. The minimum absolute atomic E-state index is 0.266. The molecule has 0 bridgehead atoms. The van der Waals surface area contributed by atoms with Crippen LogP contribution in [0, 0.1) is 5.92 Å². The van der Waals surface area contributed by atoms with Gasteiger partial charge in [0.15, 0.2) is 0 Å². The van der Waals surface area contributed by atoms with E-state index in [2.05, 4.69) is 17.1 Å². The lowest BCUT2D eigenvalue weighted by molar-refractivity contribution is -0.143. The van der Waals surface area contributed by atoms with Crippen LogP contribution in [0.3, 0.4) is 0 Å². The van der Waals surface area contributed by atoms with Gasteiger partial charge in [-0.25, -0.2) is 0 Å². The first-order valence-corrected chi connectivity index (χ1v) is 5.85. The van der Waals surface area contributed by atoms with Crippen molar-refractivity contribution in [3.05, 3.63) is 12.2 Å². The topological polar surface area (TPSA) is 40.5 Å². The van der Waals surface area contributed by atoms with Gasteiger partial charge in [0, 0.05) is 6.04 Å². The van der Waals surface area contributed by atoms with Gasteiger partial charge >= 0.3 is 5.97 Å². The number of rotatable bonds is 2. The lowest BCUT2D eigenvalue weighted by atomic mass is 9.98. The summed E-state index contributed by atoms with van der Waals surface area (Å²) in [6.45, 7) is 2.98. The van der Waals surface area contributed by atoms with E-state index >= 15 is 0 Å². The molecule has 0 saturated carbocycles. The van der Waals surface area contributed by atoms with E-state index in [0.29, 0.717) is 6.04 Å². The summed E-state index contributed by atoms with van der Waals surface area (Å²) >= 11 is 0. The molecule has 1 aliphatic carbocycles. The highest BCUT2D eigenvalue weighted by molar-refractivity contribution is 5.74. The van der Waals surface area contributed by atoms with Gasteiger partial charge in [-0.3, -0.25) is 9.69 Å². The summed E-state index contributed by atoms with van der Waals surface area (Å²) in [4.78, 5) is 13.4. The van der Waals surface area contributed by atoms with E-state index in [0.717, 1.165) is 25.8 Å². The molecular weight excluding hydrogens is 190 g/mol. The second-order valence-corrected chi connectivity index (χ2v) is 4.71. The van der Waals surface area contributed by atoms with Crippen molar-refractivity contribution in [2.45, 2.75) is 44.7 Å². The van der Waals surface area contributed by atoms with Crippen LogP contribution in [0.5, 0.6) is 0 Å². The van der Waals surface area contributed by atoms with Gasteiger partial charge in [0.1, 0.15) is 6.04 Å². The fraction of sp³-hybridized carbons (Fsp3) is 0.750. The van der Waals surface area contributed by atoms with E-state index in [4.69, 9.17) is 0 Å². The fourth-order valence-electron chi connectivity index (χ4n) is 2.80. The van der Waals surface area contributed by atoms with Crippen molar-refractivity contribution in [3.63, 3.8) is 0 Å². The minimum atomic E-state index is -0.654. The lowest BCUT2D eigenvalue weighted by Crippen LogP contribution is -2.44. The number of allylic oxidation sites excluding steroid dienone is 1. The Morgan fingerprint density at radius 1 is 1.47 bits per heavy atom. The lowest BCUT2D eigenvalue weighted by Gasteiger charge is -2.31. The molecule has 2 rings (SSSR count). The monoisotopic (exact) mass is 209 g/mol. The van der Waals surface area contributed by atoms with E-state index in [1.54, 1.807) is 0 Å². The van der Waals surface area contributed by atoms with Crippen LogP contribution >= 0.6 is 0 Å². The summed E-state index contributed by atoms with van der Waals surface area (Å²) in [5.74, 6) is -0.364. The molecule has 3 heteroatoms. The highest BCUT2D eigenvalue weighted by Gasteiger charge is 2.39. The molecule has 0 amide bonds. The summed E-state index contributed by atoms with van der Waals surface area (Å²) < 4.78 is 0. The highest BCUT2D eigenvalue weighted by Crippen LogP contribution is 2.29. The third kappa shape index (κ3) is 2.07. The Bertz CT molecular complexity index is 275. The predicted octanol–water partition coefficient (Wildman–Crippen LogP) is 1.89. The summed E-state index contributed by atoms with van der Waals surface area (Å²) in [6.07, 6.45) is 8.86. The molecule has 0 radical (unpaired) electrons. The van der Waals surface area contributed by atoms with Crippen LogP contribution in [0.1, 0.15) is 32.6 Å². The SMILES string of the molecule is CC1CCN(C2C=CCCC2)C1C(=O)O. The van der Waals surface area contributed by atoms with E-state index < -0.39 is 5.97 Å². The molecule has 3 nitrogen and oxygen atoms in total. The quantitative estimate of drug-likeness (QED) is 0.706. The number of carboxylic acid groups (broad SMARTS) is 1. The minimum Gasteiger partial charge on any atom is -0.480 e. The molecule has 1 saturated heterocycles. The average molecular weight is 209 g/mol. The first kappa shape index (κ1) is 10.7. The van der Waals surface area contributed by atoms with Gasteiger partial charge in [-0.05, 0) is 38.1 Å². The van der Waals surface area contributed by atoms with Crippen molar-refractivity contribution in [2.75, 3.05) is 6.54 Å². The smallest absolute Gasteiger partial charge is 0.321 e. The molecule has 1 heterocycles. The Balaban J connectivity index is 2.10. The van der Waals surface area contributed by atoms with Gasteiger partial charge in [0.25, 0.3) is 0 Å². The average Bonchev–Trinajstić information content (AvgIpc) is 2.61. The Hall–Kier alpha value is -0.830. The van der Waals surface area contributed by atoms with E-state index in [1.807, 2.05) is 6.92 Å². The third-order valence-corrected chi connectivity index (χ3v) is 3.65.